The van der Waals surface area contributed by atoms with Gasteiger partial charge in [-0.1, -0.05) is 18.1 Å². The molecule has 94 valence electrons. The standard InChI is InChI=1S/C12H19N3OS/c1-12(11(13)14-16)4-6-15(7-5-12)9-10-3-2-8-17-10/h2-3,8,16H,4-7,9H2,1H3,(H2,13,14). The van der Waals surface area contributed by atoms with Crippen molar-refractivity contribution in [3.8, 4) is 0 Å². The van der Waals surface area contributed by atoms with Crippen molar-refractivity contribution in [2.24, 2.45) is 16.3 Å². The second kappa shape index (κ2) is 5.06. The van der Waals surface area contributed by atoms with E-state index in [-0.39, 0.29) is 5.41 Å². The van der Waals surface area contributed by atoms with Crippen LogP contribution in [-0.4, -0.2) is 29.0 Å². The molecular formula is C12H19N3OS. The van der Waals surface area contributed by atoms with Crippen molar-refractivity contribution in [3.63, 3.8) is 0 Å². The first-order valence-electron chi connectivity index (χ1n) is 5.87. The fourth-order valence-corrected chi connectivity index (χ4v) is 2.95. The van der Waals surface area contributed by atoms with Gasteiger partial charge < -0.3 is 10.9 Å². The van der Waals surface area contributed by atoms with Crippen molar-refractivity contribution in [1.82, 2.24) is 4.90 Å². The molecule has 2 heterocycles. The quantitative estimate of drug-likeness (QED) is 0.375. The molecule has 0 bridgehead atoms. The first-order valence-corrected chi connectivity index (χ1v) is 6.75. The summed E-state index contributed by atoms with van der Waals surface area (Å²) in [5, 5.41) is 14.1. The van der Waals surface area contributed by atoms with Crippen LogP contribution in [0.3, 0.4) is 0 Å². The van der Waals surface area contributed by atoms with Crippen LogP contribution in [-0.2, 0) is 6.54 Å². The Labute approximate surface area is 106 Å². The molecule has 0 unspecified atom stereocenters. The van der Waals surface area contributed by atoms with E-state index in [0.29, 0.717) is 5.84 Å². The number of likely N-dealkylation sites (tertiary alicyclic amines) is 1. The molecule has 3 N–H and O–H groups in total. The molecule has 0 radical (unpaired) electrons. The minimum atomic E-state index is -0.138. The van der Waals surface area contributed by atoms with E-state index in [9.17, 15) is 0 Å². The number of piperidine rings is 1. The van der Waals surface area contributed by atoms with Crippen LogP contribution in [0.5, 0.6) is 0 Å². The SMILES string of the molecule is CC1(/C(N)=N/O)CCN(Cc2cccs2)CC1. The van der Waals surface area contributed by atoms with E-state index in [0.717, 1.165) is 32.5 Å². The van der Waals surface area contributed by atoms with Crippen molar-refractivity contribution in [1.29, 1.82) is 0 Å². The Morgan fingerprint density at radius 1 is 1.59 bits per heavy atom. The Kier molecular flexibility index (Phi) is 3.69. The highest BCUT2D eigenvalue weighted by Crippen LogP contribution is 2.31. The van der Waals surface area contributed by atoms with Crippen LogP contribution < -0.4 is 5.73 Å². The Morgan fingerprint density at radius 2 is 2.29 bits per heavy atom. The Hall–Kier alpha value is -1.07. The lowest BCUT2D eigenvalue weighted by Gasteiger charge is -2.38. The van der Waals surface area contributed by atoms with Gasteiger partial charge in [-0.3, -0.25) is 4.90 Å². The molecule has 0 amide bonds. The molecule has 0 aliphatic carbocycles. The summed E-state index contributed by atoms with van der Waals surface area (Å²) in [7, 11) is 0. The predicted octanol–water partition coefficient (Wildman–Crippen LogP) is 2.10. The summed E-state index contributed by atoms with van der Waals surface area (Å²) in [5.74, 6) is 0.369. The number of rotatable bonds is 3. The fourth-order valence-electron chi connectivity index (χ4n) is 2.20. The monoisotopic (exact) mass is 253 g/mol. The summed E-state index contributed by atoms with van der Waals surface area (Å²) in [6, 6.07) is 4.26. The van der Waals surface area contributed by atoms with Gasteiger partial charge in [-0.2, -0.15) is 0 Å². The lowest BCUT2D eigenvalue weighted by Crippen LogP contribution is -2.45. The number of hydrogen-bond acceptors (Lipinski definition) is 4. The predicted molar refractivity (Wildman–Crippen MR) is 70.3 cm³/mol. The molecule has 17 heavy (non-hydrogen) atoms. The summed E-state index contributed by atoms with van der Waals surface area (Å²) >= 11 is 1.80. The molecule has 0 spiro atoms. The summed E-state index contributed by atoms with van der Waals surface area (Å²) < 4.78 is 0. The van der Waals surface area contributed by atoms with Crippen LogP contribution in [0.2, 0.25) is 0 Å². The number of nitrogens with two attached hydrogens (primary N) is 1. The van der Waals surface area contributed by atoms with E-state index in [2.05, 4.69) is 34.5 Å². The molecule has 0 saturated carbocycles. The van der Waals surface area contributed by atoms with Crippen LogP contribution in [0.25, 0.3) is 0 Å². The van der Waals surface area contributed by atoms with E-state index in [4.69, 9.17) is 10.9 Å². The lowest BCUT2D eigenvalue weighted by atomic mass is 9.79. The molecular weight excluding hydrogens is 234 g/mol. The molecule has 1 aromatic heterocycles. The second-order valence-electron chi connectivity index (χ2n) is 4.90. The molecule has 1 aliphatic rings. The summed E-state index contributed by atoms with van der Waals surface area (Å²) in [6.07, 6.45) is 1.91. The Balaban J connectivity index is 1.90. The Bertz CT molecular complexity index is 380. The van der Waals surface area contributed by atoms with Crippen LogP contribution in [0, 0.1) is 5.41 Å². The minimum Gasteiger partial charge on any atom is -0.409 e. The van der Waals surface area contributed by atoms with Crippen LogP contribution in [0.15, 0.2) is 22.7 Å². The largest absolute Gasteiger partial charge is 0.409 e. The third kappa shape index (κ3) is 2.79. The fraction of sp³-hybridized carbons (Fsp3) is 0.583. The van der Waals surface area contributed by atoms with E-state index in [1.165, 1.54) is 4.88 Å². The molecule has 4 nitrogen and oxygen atoms in total. The van der Waals surface area contributed by atoms with E-state index in [1.807, 2.05) is 0 Å². The zero-order valence-electron chi connectivity index (χ0n) is 10.1. The summed E-state index contributed by atoms with van der Waals surface area (Å²) in [5.41, 5.74) is 5.61. The van der Waals surface area contributed by atoms with Crippen LogP contribution in [0.1, 0.15) is 24.6 Å². The van der Waals surface area contributed by atoms with Gasteiger partial charge in [0, 0.05) is 16.8 Å². The first-order chi connectivity index (χ1) is 8.14. The van der Waals surface area contributed by atoms with Gasteiger partial charge in [-0.25, -0.2) is 0 Å². The van der Waals surface area contributed by atoms with E-state index < -0.39 is 0 Å². The van der Waals surface area contributed by atoms with Gasteiger partial charge >= 0.3 is 0 Å². The highest BCUT2D eigenvalue weighted by atomic mass is 32.1. The maximum absolute atomic E-state index is 8.78. The molecule has 2 rings (SSSR count). The first kappa shape index (κ1) is 12.4. The number of nitrogens with zero attached hydrogens (tertiary/aromatic N) is 2. The third-order valence-electron chi connectivity index (χ3n) is 3.65. The van der Waals surface area contributed by atoms with Gasteiger partial charge in [0.25, 0.3) is 0 Å². The van der Waals surface area contributed by atoms with Gasteiger partial charge in [-0.15, -0.1) is 11.3 Å². The molecule has 1 fully saturated rings. The van der Waals surface area contributed by atoms with Gasteiger partial charge in [0.1, 0.15) is 5.84 Å². The maximum Gasteiger partial charge on any atom is 0.145 e. The lowest BCUT2D eigenvalue weighted by molar-refractivity contribution is 0.154. The molecule has 1 aromatic rings. The van der Waals surface area contributed by atoms with E-state index in [1.54, 1.807) is 11.3 Å². The average Bonchev–Trinajstić information content (AvgIpc) is 2.84. The molecule has 1 saturated heterocycles. The summed E-state index contributed by atoms with van der Waals surface area (Å²) in [4.78, 5) is 3.83. The number of amidine groups is 1. The van der Waals surface area contributed by atoms with Crippen molar-refractivity contribution in [2.75, 3.05) is 13.1 Å². The van der Waals surface area contributed by atoms with Gasteiger partial charge in [0.2, 0.25) is 0 Å². The molecule has 5 heteroatoms. The number of oxime groups is 1. The average molecular weight is 253 g/mol. The van der Waals surface area contributed by atoms with Crippen molar-refractivity contribution in [2.45, 2.75) is 26.3 Å². The normalized spacial score (nSPS) is 21.6. The van der Waals surface area contributed by atoms with Crippen LogP contribution in [0.4, 0.5) is 0 Å². The maximum atomic E-state index is 8.78. The van der Waals surface area contributed by atoms with E-state index >= 15 is 0 Å². The number of thiophene rings is 1. The van der Waals surface area contributed by atoms with Gasteiger partial charge in [-0.05, 0) is 37.4 Å². The smallest absolute Gasteiger partial charge is 0.145 e. The molecule has 0 aromatic carbocycles. The zero-order chi connectivity index (χ0) is 12.3. The molecule has 0 atom stereocenters. The second-order valence-corrected chi connectivity index (χ2v) is 5.93. The summed E-state index contributed by atoms with van der Waals surface area (Å²) in [6.45, 7) is 5.10. The zero-order valence-corrected chi connectivity index (χ0v) is 10.9. The Morgan fingerprint density at radius 3 is 2.82 bits per heavy atom. The van der Waals surface area contributed by atoms with Crippen molar-refractivity contribution < 1.29 is 5.21 Å². The van der Waals surface area contributed by atoms with Crippen LogP contribution >= 0.6 is 11.3 Å². The van der Waals surface area contributed by atoms with Crippen molar-refractivity contribution in [3.05, 3.63) is 22.4 Å². The highest BCUT2D eigenvalue weighted by Gasteiger charge is 2.34. The third-order valence-corrected chi connectivity index (χ3v) is 4.51. The molecule has 1 aliphatic heterocycles. The highest BCUT2D eigenvalue weighted by molar-refractivity contribution is 7.09. The minimum absolute atomic E-state index is 0.138. The van der Waals surface area contributed by atoms with Gasteiger partial charge in [0.05, 0.1) is 0 Å². The topological polar surface area (TPSA) is 61.9 Å². The number of hydrogen-bond donors (Lipinski definition) is 2. The van der Waals surface area contributed by atoms with Crippen molar-refractivity contribution >= 4 is 17.2 Å². The van der Waals surface area contributed by atoms with Gasteiger partial charge in [0.15, 0.2) is 0 Å².